The smallest absolute Gasteiger partial charge is 0.146 e. The molecule has 0 atom stereocenters. The molecule has 0 aliphatic rings. The predicted molar refractivity (Wildman–Crippen MR) is 80.3 cm³/mol. The highest BCUT2D eigenvalue weighted by atomic mass is 32.1. The Morgan fingerprint density at radius 3 is 2.70 bits per heavy atom. The third-order valence-corrected chi connectivity index (χ3v) is 4.05. The molecule has 3 aromatic rings. The van der Waals surface area contributed by atoms with Crippen molar-refractivity contribution in [1.82, 2.24) is 13.9 Å². The lowest BCUT2D eigenvalue weighted by molar-refractivity contribution is 0.620. The van der Waals surface area contributed by atoms with Crippen LogP contribution < -0.4 is 5.73 Å². The number of nitrogens with two attached hydrogens (primary N) is 1. The largest absolute Gasteiger partial charge is 0.389 e. The van der Waals surface area contributed by atoms with Crippen LogP contribution in [0.15, 0.2) is 18.2 Å². The maximum absolute atomic E-state index is 13.4. The van der Waals surface area contributed by atoms with E-state index in [4.69, 9.17) is 5.73 Å². The van der Waals surface area contributed by atoms with E-state index < -0.39 is 0 Å². The van der Waals surface area contributed by atoms with Gasteiger partial charge in [-0.05, 0) is 44.4 Å². The lowest BCUT2D eigenvalue weighted by Gasteiger charge is -2.13. The molecule has 0 unspecified atom stereocenters. The molecule has 0 saturated carbocycles. The number of halogens is 1. The van der Waals surface area contributed by atoms with Gasteiger partial charge in [-0.15, -0.1) is 0 Å². The number of anilines is 1. The van der Waals surface area contributed by atoms with Crippen LogP contribution in [-0.2, 0) is 0 Å². The molecule has 0 aliphatic carbocycles. The zero-order valence-electron chi connectivity index (χ0n) is 11.5. The van der Waals surface area contributed by atoms with Crippen molar-refractivity contribution in [3.05, 3.63) is 29.7 Å². The number of hydrogen-bond donors (Lipinski definition) is 1. The Morgan fingerprint density at radius 1 is 1.35 bits per heavy atom. The summed E-state index contributed by atoms with van der Waals surface area (Å²) in [5, 5.41) is 0.639. The molecule has 0 aliphatic heterocycles. The van der Waals surface area contributed by atoms with Gasteiger partial charge in [-0.25, -0.2) is 9.37 Å². The van der Waals surface area contributed by atoms with Gasteiger partial charge in [0.25, 0.3) is 0 Å². The number of nitrogen functional groups attached to an aromatic ring is 1. The third kappa shape index (κ3) is 1.87. The van der Waals surface area contributed by atoms with Crippen molar-refractivity contribution < 1.29 is 4.39 Å². The van der Waals surface area contributed by atoms with Crippen LogP contribution in [0.25, 0.3) is 22.4 Å². The molecule has 2 heterocycles. The van der Waals surface area contributed by atoms with Gasteiger partial charge in [-0.2, -0.15) is 4.37 Å². The van der Waals surface area contributed by atoms with Crippen LogP contribution >= 0.6 is 11.5 Å². The molecule has 20 heavy (non-hydrogen) atoms. The summed E-state index contributed by atoms with van der Waals surface area (Å²) in [6.07, 6.45) is 0. The number of benzene rings is 1. The van der Waals surface area contributed by atoms with Gasteiger partial charge in [0.15, 0.2) is 0 Å². The van der Waals surface area contributed by atoms with E-state index in [0.29, 0.717) is 10.5 Å². The van der Waals surface area contributed by atoms with E-state index in [1.54, 1.807) is 6.07 Å². The molecule has 104 valence electrons. The van der Waals surface area contributed by atoms with Gasteiger partial charge in [0, 0.05) is 12.1 Å². The van der Waals surface area contributed by atoms with Crippen molar-refractivity contribution in [1.29, 1.82) is 0 Å². The van der Waals surface area contributed by atoms with Gasteiger partial charge in [0.2, 0.25) is 0 Å². The van der Waals surface area contributed by atoms with E-state index in [-0.39, 0.29) is 11.9 Å². The first-order valence-electron chi connectivity index (χ1n) is 6.38. The maximum Gasteiger partial charge on any atom is 0.146 e. The fourth-order valence-corrected chi connectivity index (χ4v) is 3.09. The van der Waals surface area contributed by atoms with Gasteiger partial charge in [-0.1, -0.05) is 0 Å². The number of imidazole rings is 1. The van der Waals surface area contributed by atoms with E-state index in [2.05, 4.69) is 27.8 Å². The zero-order chi connectivity index (χ0) is 14.4. The van der Waals surface area contributed by atoms with Crippen LogP contribution in [-0.4, -0.2) is 13.9 Å². The van der Waals surface area contributed by atoms with Gasteiger partial charge < -0.3 is 10.3 Å². The quantitative estimate of drug-likeness (QED) is 0.781. The summed E-state index contributed by atoms with van der Waals surface area (Å²) < 4.78 is 19.7. The lowest BCUT2D eigenvalue weighted by atomic mass is 10.2. The Bertz CT molecular complexity index is 768. The van der Waals surface area contributed by atoms with E-state index in [9.17, 15) is 4.39 Å². The number of aryl methyl sites for hydroxylation is 1. The standard InChI is InChI=1S/C14H15FN4S/c1-7(2)19-11-5-4-9(15)6-10(11)17-14(19)12-8(3)18-20-13(12)16/h4-7H,16H2,1-3H3. The van der Waals surface area contributed by atoms with E-state index in [1.807, 2.05) is 6.92 Å². The topological polar surface area (TPSA) is 56.7 Å². The Balaban J connectivity index is 2.38. The Labute approximate surface area is 120 Å². The van der Waals surface area contributed by atoms with Gasteiger partial charge in [0.05, 0.1) is 22.3 Å². The third-order valence-electron chi connectivity index (χ3n) is 3.28. The fourth-order valence-electron chi connectivity index (χ4n) is 2.43. The second-order valence-corrected chi connectivity index (χ2v) is 5.84. The molecule has 2 aromatic heterocycles. The predicted octanol–water partition coefficient (Wildman–Crippen LogP) is 3.77. The number of hydrogen-bond acceptors (Lipinski definition) is 4. The van der Waals surface area contributed by atoms with Crippen molar-refractivity contribution in [2.24, 2.45) is 0 Å². The minimum Gasteiger partial charge on any atom is -0.389 e. The molecule has 4 nitrogen and oxygen atoms in total. The summed E-state index contributed by atoms with van der Waals surface area (Å²) >= 11 is 1.26. The normalized spacial score (nSPS) is 11.7. The molecule has 0 radical (unpaired) electrons. The van der Waals surface area contributed by atoms with E-state index in [1.165, 1.54) is 23.7 Å². The average Bonchev–Trinajstić information content (AvgIpc) is 2.89. The van der Waals surface area contributed by atoms with Gasteiger partial charge in [-0.3, -0.25) is 0 Å². The summed E-state index contributed by atoms with van der Waals surface area (Å²) in [6.45, 7) is 6.05. The fraction of sp³-hybridized carbons (Fsp3) is 0.286. The summed E-state index contributed by atoms with van der Waals surface area (Å²) in [5.41, 5.74) is 9.26. The highest BCUT2D eigenvalue weighted by Crippen LogP contribution is 2.35. The van der Waals surface area contributed by atoms with Crippen LogP contribution in [0, 0.1) is 12.7 Å². The number of aromatic nitrogens is 3. The summed E-state index contributed by atoms with van der Waals surface area (Å²) in [7, 11) is 0. The Morgan fingerprint density at radius 2 is 2.10 bits per heavy atom. The molecular formula is C14H15FN4S. The maximum atomic E-state index is 13.4. The van der Waals surface area contributed by atoms with Crippen LogP contribution in [0.5, 0.6) is 0 Å². The molecule has 0 fully saturated rings. The second-order valence-electron chi connectivity index (χ2n) is 5.04. The molecule has 0 spiro atoms. The molecule has 2 N–H and O–H groups in total. The number of fused-ring (bicyclic) bond motifs is 1. The van der Waals surface area contributed by atoms with Crippen molar-refractivity contribution >= 4 is 27.6 Å². The van der Waals surface area contributed by atoms with Gasteiger partial charge in [0.1, 0.15) is 16.6 Å². The first-order chi connectivity index (χ1) is 9.49. The van der Waals surface area contributed by atoms with Crippen molar-refractivity contribution in [3.63, 3.8) is 0 Å². The van der Waals surface area contributed by atoms with E-state index in [0.717, 1.165) is 22.6 Å². The minimum atomic E-state index is -0.286. The Hall–Kier alpha value is -1.95. The van der Waals surface area contributed by atoms with Crippen LogP contribution in [0.3, 0.4) is 0 Å². The number of rotatable bonds is 2. The zero-order valence-corrected chi connectivity index (χ0v) is 12.3. The molecule has 0 saturated heterocycles. The summed E-state index contributed by atoms with van der Waals surface area (Å²) in [6, 6.07) is 4.85. The summed E-state index contributed by atoms with van der Waals surface area (Å²) in [5.74, 6) is 0.468. The first-order valence-corrected chi connectivity index (χ1v) is 7.16. The van der Waals surface area contributed by atoms with Crippen molar-refractivity contribution in [2.45, 2.75) is 26.8 Å². The van der Waals surface area contributed by atoms with E-state index >= 15 is 0 Å². The second kappa shape index (κ2) is 4.56. The van der Waals surface area contributed by atoms with Crippen LogP contribution in [0.1, 0.15) is 25.6 Å². The Kier molecular flexibility index (Phi) is 2.97. The highest BCUT2D eigenvalue weighted by Gasteiger charge is 2.20. The lowest BCUT2D eigenvalue weighted by Crippen LogP contribution is -2.04. The SMILES string of the molecule is Cc1nsc(N)c1-c1nc2cc(F)ccc2n1C(C)C. The van der Waals surface area contributed by atoms with Crippen molar-refractivity contribution in [2.75, 3.05) is 5.73 Å². The molecule has 6 heteroatoms. The molecule has 1 aromatic carbocycles. The van der Waals surface area contributed by atoms with Crippen LogP contribution in [0.4, 0.5) is 9.39 Å². The van der Waals surface area contributed by atoms with Gasteiger partial charge >= 0.3 is 0 Å². The number of nitrogens with zero attached hydrogens (tertiary/aromatic N) is 3. The van der Waals surface area contributed by atoms with Crippen molar-refractivity contribution in [3.8, 4) is 11.4 Å². The monoisotopic (exact) mass is 290 g/mol. The average molecular weight is 290 g/mol. The highest BCUT2D eigenvalue weighted by molar-refractivity contribution is 7.10. The molecule has 0 bridgehead atoms. The molecule has 0 amide bonds. The molecular weight excluding hydrogens is 275 g/mol. The summed E-state index contributed by atoms with van der Waals surface area (Å²) in [4.78, 5) is 4.57. The first kappa shape index (κ1) is 13.1. The molecule has 3 rings (SSSR count). The minimum absolute atomic E-state index is 0.194. The van der Waals surface area contributed by atoms with Crippen LogP contribution in [0.2, 0.25) is 0 Å².